The van der Waals surface area contributed by atoms with E-state index in [-0.39, 0.29) is 35.9 Å². The van der Waals surface area contributed by atoms with Gasteiger partial charge in [0.1, 0.15) is 0 Å². The molecule has 1 aliphatic rings. The summed E-state index contributed by atoms with van der Waals surface area (Å²) in [6.45, 7) is 0. The van der Waals surface area contributed by atoms with Gasteiger partial charge in [-0.25, -0.2) is 0 Å². The molecule has 1 aromatic rings. The summed E-state index contributed by atoms with van der Waals surface area (Å²) in [6.07, 6.45) is 0.301. The van der Waals surface area contributed by atoms with Gasteiger partial charge in [-0.1, -0.05) is 6.04 Å². The average Bonchev–Trinajstić information content (AvgIpc) is 2.61. The van der Waals surface area contributed by atoms with Crippen molar-refractivity contribution in [2.75, 3.05) is 0 Å². The molecule has 1 aliphatic heterocycles. The second-order valence-electron chi connectivity index (χ2n) is 2.66. The first-order valence-electron chi connectivity index (χ1n) is 5.74. The highest BCUT2D eigenvalue weighted by Crippen LogP contribution is 2.22. The van der Waals surface area contributed by atoms with E-state index in [1.165, 1.54) is 0 Å². The van der Waals surface area contributed by atoms with Crippen molar-refractivity contribution in [2.45, 2.75) is 18.9 Å². The van der Waals surface area contributed by atoms with Crippen LogP contribution in [0.2, 0.25) is 0 Å². The SMILES string of the molecule is [2H]c1nc([2H])c(C2CCC(=O)N2)c([2H])c1[2H]. The zero-order valence-electron chi connectivity index (χ0n) is 10.3. The molecule has 0 bridgehead atoms. The molecule has 0 aliphatic carbocycles. The molecule has 12 heavy (non-hydrogen) atoms. The van der Waals surface area contributed by atoms with E-state index in [1.54, 1.807) is 0 Å². The Kier molecular flexibility index (Phi) is 0.983. The summed E-state index contributed by atoms with van der Waals surface area (Å²) in [5.74, 6) is -0.120. The number of carbonyl (C=O) groups excluding carboxylic acids is 1. The van der Waals surface area contributed by atoms with Gasteiger partial charge in [-0.2, -0.15) is 0 Å². The third-order valence-corrected chi connectivity index (χ3v) is 1.83. The summed E-state index contributed by atoms with van der Waals surface area (Å²) < 4.78 is 30.0. The van der Waals surface area contributed by atoms with Crippen LogP contribution in [0.4, 0.5) is 0 Å². The molecule has 1 N–H and O–H groups in total. The van der Waals surface area contributed by atoms with E-state index in [4.69, 9.17) is 5.48 Å². The minimum Gasteiger partial charge on any atom is -0.349 e. The monoisotopic (exact) mass is 166 g/mol. The lowest BCUT2D eigenvalue weighted by Gasteiger charge is -2.08. The van der Waals surface area contributed by atoms with Crippen molar-refractivity contribution >= 4 is 5.91 Å². The van der Waals surface area contributed by atoms with Crippen molar-refractivity contribution in [3.8, 4) is 0 Å². The molecule has 0 aromatic carbocycles. The maximum absolute atomic E-state index is 11.1. The fourth-order valence-electron chi connectivity index (χ4n) is 1.24. The van der Waals surface area contributed by atoms with Gasteiger partial charge in [0.25, 0.3) is 0 Å². The first kappa shape index (κ1) is 4.03. The molecule has 3 heteroatoms. The first-order valence-corrected chi connectivity index (χ1v) is 3.74. The minimum absolute atomic E-state index is 0.120. The van der Waals surface area contributed by atoms with Crippen LogP contribution in [0.3, 0.4) is 0 Å². The smallest absolute Gasteiger partial charge is 0.220 e. The molecule has 1 aromatic heterocycles. The van der Waals surface area contributed by atoms with Crippen LogP contribution in [0.1, 0.15) is 29.9 Å². The molecule has 0 saturated carbocycles. The van der Waals surface area contributed by atoms with Crippen molar-refractivity contribution in [2.24, 2.45) is 0 Å². The van der Waals surface area contributed by atoms with Crippen molar-refractivity contribution in [3.05, 3.63) is 30.0 Å². The zero-order valence-corrected chi connectivity index (χ0v) is 6.35. The molecular weight excluding hydrogens is 152 g/mol. The fraction of sp³-hybridized carbons (Fsp3) is 0.333. The molecule has 3 nitrogen and oxygen atoms in total. The summed E-state index contributed by atoms with van der Waals surface area (Å²) in [5, 5.41) is 2.63. The Morgan fingerprint density at radius 2 is 2.67 bits per heavy atom. The zero-order chi connectivity index (χ0) is 11.9. The maximum atomic E-state index is 11.1. The van der Waals surface area contributed by atoms with Crippen LogP contribution in [0.25, 0.3) is 0 Å². The number of hydrogen-bond donors (Lipinski definition) is 1. The van der Waals surface area contributed by atoms with Gasteiger partial charge in [0, 0.05) is 18.8 Å². The lowest BCUT2D eigenvalue weighted by atomic mass is 10.1. The Morgan fingerprint density at radius 1 is 1.75 bits per heavy atom. The largest absolute Gasteiger partial charge is 0.349 e. The number of nitrogens with zero attached hydrogens (tertiary/aromatic N) is 1. The van der Waals surface area contributed by atoms with E-state index in [9.17, 15) is 4.79 Å². The van der Waals surface area contributed by atoms with Gasteiger partial charge >= 0.3 is 0 Å². The normalized spacial score (nSPS) is 27.0. The molecular formula is C9H10N2O. The molecule has 1 unspecified atom stereocenters. The van der Waals surface area contributed by atoms with E-state index in [0.717, 1.165) is 0 Å². The van der Waals surface area contributed by atoms with Gasteiger partial charge in [-0.3, -0.25) is 9.78 Å². The molecule has 0 spiro atoms. The third-order valence-electron chi connectivity index (χ3n) is 1.83. The summed E-state index contributed by atoms with van der Waals surface area (Å²) in [5.41, 5.74) is 0.242. The Balaban J connectivity index is 2.48. The van der Waals surface area contributed by atoms with Crippen molar-refractivity contribution in [1.82, 2.24) is 10.3 Å². The van der Waals surface area contributed by atoms with Gasteiger partial charge in [0.05, 0.1) is 11.5 Å². The first-order chi connectivity index (χ1) is 7.50. The number of aromatic nitrogens is 1. The molecule has 62 valence electrons. The van der Waals surface area contributed by atoms with Crippen LogP contribution in [-0.4, -0.2) is 10.9 Å². The summed E-state index contributed by atoms with van der Waals surface area (Å²) >= 11 is 0. The topological polar surface area (TPSA) is 42.0 Å². The quantitative estimate of drug-likeness (QED) is 0.677. The van der Waals surface area contributed by atoms with Gasteiger partial charge in [0.2, 0.25) is 5.91 Å². The summed E-state index contributed by atoms with van der Waals surface area (Å²) in [4.78, 5) is 14.6. The van der Waals surface area contributed by atoms with E-state index >= 15 is 0 Å². The van der Waals surface area contributed by atoms with E-state index < -0.39 is 6.04 Å². The van der Waals surface area contributed by atoms with Crippen LogP contribution < -0.4 is 5.32 Å². The van der Waals surface area contributed by atoms with Gasteiger partial charge in [-0.05, 0) is 18.0 Å². The molecule has 0 radical (unpaired) electrons. The van der Waals surface area contributed by atoms with Gasteiger partial charge in [-0.15, -0.1) is 0 Å². The molecule has 1 atom stereocenters. The standard InChI is InChI=1S/C9H10N2O/c12-9-4-3-8(11-9)7-2-1-5-10-6-7/h1-2,5-6,8H,3-4H2,(H,11,12)/i1D,2D,5D,6D. The Hall–Kier alpha value is -1.38. The highest BCUT2D eigenvalue weighted by atomic mass is 16.1. The highest BCUT2D eigenvalue weighted by Gasteiger charge is 2.21. The second-order valence-corrected chi connectivity index (χ2v) is 2.66. The summed E-state index contributed by atoms with van der Waals surface area (Å²) in [7, 11) is 0. The van der Waals surface area contributed by atoms with Crippen LogP contribution in [0.5, 0.6) is 0 Å². The fourth-order valence-corrected chi connectivity index (χ4v) is 1.24. The van der Waals surface area contributed by atoms with Crippen molar-refractivity contribution in [3.63, 3.8) is 0 Å². The molecule has 2 heterocycles. The van der Waals surface area contributed by atoms with Gasteiger partial charge in [0.15, 0.2) is 0 Å². The molecule has 1 fully saturated rings. The van der Waals surface area contributed by atoms with Crippen molar-refractivity contribution < 1.29 is 10.3 Å². The third kappa shape index (κ3) is 1.30. The van der Waals surface area contributed by atoms with E-state index in [2.05, 4.69) is 10.3 Å². The number of hydrogen-bond acceptors (Lipinski definition) is 2. The number of carbonyl (C=O) groups is 1. The van der Waals surface area contributed by atoms with Crippen LogP contribution in [0.15, 0.2) is 24.4 Å². The van der Waals surface area contributed by atoms with Crippen molar-refractivity contribution in [1.29, 1.82) is 0 Å². The van der Waals surface area contributed by atoms with Crippen LogP contribution in [0, 0.1) is 0 Å². The predicted molar refractivity (Wildman–Crippen MR) is 44.4 cm³/mol. The van der Waals surface area contributed by atoms with E-state index in [1.807, 2.05) is 0 Å². The lowest BCUT2D eigenvalue weighted by molar-refractivity contribution is -0.119. The van der Waals surface area contributed by atoms with Crippen LogP contribution >= 0.6 is 0 Å². The average molecular weight is 166 g/mol. The molecule has 2 rings (SSSR count). The number of pyridine rings is 1. The minimum atomic E-state index is -0.412. The number of nitrogens with one attached hydrogen (secondary N) is 1. The molecule has 1 saturated heterocycles. The lowest BCUT2D eigenvalue weighted by Crippen LogP contribution is -2.18. The Labute approximate surface area is 76.4 Å². The molecule has 1 amide bonds. The number of rotatable bonds is 1. The predicted octanol–water partition coefficient (Wildman–Crippen LogP) is 1.03. The highest BCUT2D eigenvalue weighted by molar-refractivity contribution is 5.78. The Bertz CT molecular complexity index is 463. The second kappa shape index (κ2) is 2.93. The van der Waals surface area contributed by atoms with E-state index in [0.29, 0.717) is 12.8 Å². The van der Waals surface area contributed by atoms with Crippen LogP contribution in [-0.2, 0) is 4.79 Å². The van der Waals surface area contributed by atoms with Gasteiger partial charge < -0.3 is 5.32 Å². The number of amides is 1. The summed E-state index contributed by atoms with van der Waals surface area (Å²) in [6, 6.07) is -0.894. The Morgan fingerprint density at radius 3 is 3.42 bits per heavy atom. The maximum Gasteiger partial charge on any atom is 0.220 e.